The van der Waals surface area contributed by atoms with Crippen LogP contribution in [0, 0.1) is 11.3 Å². The van der Waals surface area contributed by atoms with Crippen molar-refractivity contribution in [1.29, 1.82) is 0 Å². The Morgan fingerprint density at radius 1 is 1.03 bits per heavy atom. The summed E-state index contributed by atoms with van der Waals surface area (Å²) in [5, 5.41) is 2.37. The highest BCUT2D eigenvalue weighted by molar-refractivity contribution is 6.05. The number of rotatable bonds is 4. The number of nitrogens with zero attached hydrogens (tertiary/aromatic N) is 3. The first-order valence-electron chi connectivity index (χ1n) is 12.8. The summed E-state index contributed by atoms with van der Waals surface area (Å²) in [6.07, 6.45) is 5.62. The number of fused-ring (bicyclic) bond motifs is 1. The van der Waals surface area contributed by atoms with E-state index in [1.165, 1.54) is 51.0 Å². The standard InChI is InChI=1S/C26H34N4O4/c31-23-4-3-22(24(32)27-23)30-15-19-13-20(1-2-21(19)25(30)33)29-16-26(17-29)7-9-28(10-8-26)14-18-5-11-34-12-6-18/h1-2,13,18,22H,3-12,14-17H2,(H,27,31,32). The highest BCUT2D eigenvalue weighted by Crippen LogP contribution is 2.43. The van der Waals surface area contributed by atoms with E-state index < -0.39 is 6.04 Å². The summed E-state index contributed by atoms with van der Waals surface area (Å²) in [5.41, 5.74) is 3.27. The molecule has 0 aliphatic carbocycles. The molecule has 8 heteroatoms. The Morgan fingerprint density at radius 2 is 1.79 bits per heavy atom. The van der Waals surface area contributed by atoms with Gasteiger partial charge in [-0.15, -0.1) is 0 Å². The number of amides is 3. The van der Waals surface area contributed by atoms with Gasteiger partial charge in [-0.25, -0.2) is 0 Å². The molecular weight excluding hydrogens is 432 g/mol. The molecule has 1 atom stereocenters. The van der Waals surface area contributed by atoms with Crippen LogP contribution in [-0.2, 0) is 20.9 Å². The fourth-order valence-electron chi connectivity index (χ4n) is 6.52. The molecule has 8 nitrogen and oxygen atoms in total. The summed E-state index contributed by atoms with van der Waals surface area (Å²) >= 11 is 0. The number of piperidine rings is 2. The number of carbonyl (C=O) groups excluding carboxylic acids is 3. The first-order chi connectivity index (χ1) is 16.5. The molecule has 3 amide bonds. The monoisotopic (exact) mass is 466 g/mol. The maximum absolute atomic E-state index is 12.9. The zero-order valence-electron chi connectivity index (χ0n) is 19.8. The van der Waals surface area contributed by atoms with Gasteiger partial charge in [0.15, 0.2) is 0 Å². The Balaban J connectivity index is 1.04. The van der Waals surface area contributed by atoms with Crippen LogP contribution >= 0.6 is 0 Å². The molecule has 4 fully saturated rings. The van der Waals surface area contributed by atoms with Gasteiger partial charge in [-0.1, -0.05) is 0 Å². The number of carbonyl (C=O) groups is 3. The van der Waals surface area contributed by atoms with Crippen LogP contribution in [-0.4, -0.2) is 79.5 Å². The number of nitrogens with one attached hydrogen (secondary N) is 1. The SMILES string of the molecule is O=C1CCC(N2Cc3cc(N4CC5(CCN(CC6CCOCC6)CC5)C4)ccc3C2=O)C(=O)N1. The molecule has 5 aliphatic heterocycles. The average molecular weight is 467 g/mol. The Bertz CT molecular complexity index is 989. The minimum atomic E-state index is -0.556. The molecule has 0 bridgehead atoms. The van der Waals surface area contributed by atoms with Gasteiger partial charge in [-0.3, -0.25) is 19.7 Å². The lowest BCUT2D eigenvalue weighted by Crippen LogP contribution is -2.60. The van der Waals surface area contributed by atoms with Crippen LogP contribution in [0.5, 0.6) is 0 Å². The Morgan fingerprint density at radius 3 is 2.53 bits per heavy atom. The van der Waals surface area contributed by atoms with Gasteiger partial charge in [0.2, 0.25) is 11.8 Å². The van der Waals surface area contributed by atoms with E-state index in [2.05, 4.69) is 27.2 Å². The molecule has 1 aromatic carbocycles. The van der Waals surface area contributed by atoms with Crippen molar-refractivity contribution in [2.75, 3.05) is 50.8 Å². The van der Waals surface area contributed by atoms with Gasteiger partial charge in [-0.2, -0.15) is 0 Å². The molecule has 6 rings (SSSR count). The molecule has 0 saturated carbocycles. The summed E-state index contributed by atoms with van der Waals surface area (Å²) in [5.74, 6) is 0.0851. The third-order valence-electron chi connectivity index (χ3n) is 8.70. The highest BCUT2D eigenvalue weighted by Gasteiger charge is 2.45. The maximum atomic E-state index is 12.9. The predicted octanol–water partition coefficient (Wildman–Crippen LogP) is 1.78. The molecular formula is C26H34N4O4. The fourth-order valence-corrected chi connectivity index (χ4v) is 6.52. The lowest BCUT2D eigenvalue weighted by atomic mass is 9.71. The van der Waals surface area contributed by atoms with E-state index in [9.17, 15) is 14.4 Å². The van der Waals surface area contributed by atoms with E-state index in [0.29, 0.717) is 23.9 Å². The van der Waals surface area contributed by atoms with Crippen LogP contribution < -0.4 is 10.2 Å². The second-order valence-electron chi connectivity index (χ2n) is 11.0. The third-order valence-corrected chi connectivity index (χ3v) is 8.70. The zero-order valence-corrected chi connectivity index (χ0v) is 19.8. The van der Waals surface area contributed by atoms with Crippen LogP contribution in [0.4, 0.5) is 5.69 Å². The minimum Gasteiger partial charge on any atom is -0.381 e. The van der Waals surface area contributed by atoms with E-state index in [1.54, 1.807) is 4.90 Å². The number of benzene rings is 1. The molecule has 1 N–H and O–H groups in total. The van der Waals surface area contributed by atoms with Crippen LogP contribution in [0.15, 0.2) is 18.2 Å². The van der Waals surface area contributed by atoms with Crippen LogP contribution in [0.2, 0.25) is 0 Å². The van der Waals surface area contributed by atoms with Gasteiger partial charge < -0.3 is 19.4 Å². The number of ether oxygens (including phenoxy) is 1. The lowest BCUT2D eigenvalue weighted by Gasteiger charge is -2.55. The number of imide groups is 1. The smallest absolute Gasteiger partial charge is 0.255 e. The van der Waals surface area contributed by atoms with Gasteiger partial charge in [-0.05, 0) is 74.9 Å². The molecule has 5 heterocycles. The number of likely N-dealkylation sites (tertiary alicyclic amines) is 1. The van der Waals surface area contributed by atoms with Gasteiger partial charge >= 0.3 is 0 Å². The number of hydrogen-bond donors (Lipinski definition) is 1. The molecule has 0 aromatic heterocycles. The third kappa shape index (κ3) is 4.01. The molecule has 34 heavy (non-hydrogen) atoms. The van der Waals surface area contributed by atoms with Crippen molar-refractivity contribution in [3.8, 4) is 0 Å². The minimum absolute atomic E-state index is 0.104. The number of anilines is 1. The van der Waals surface area contributed by atoms with Gasteiger partial charge in [0.05, 0.1) is 0 Å². The fraction of sp³-hybridized carbons (Fsp3) is 0.654. The molecule has 182 valence electrons. The van der Waals surface area contributed by atoms with Crippen molar-refractivity contribution in [3.63, 3.8) is 0 Å². The van der Waals surface area contributed by atoms with Gasteiger partial charge in [0, 0.05) is 62.5 Å². The topological polar surface area (TPSA) is 82.2 Å². The van der Waals surface area contributed by atoms with Crippen molar-refractivity contribution >= 4 is 23.4 Å². The number of hydrogen-bond acceptors (Lipinski definition) is 6. The maximum Gasteiger partial charge on any atom is 0.255 e. The van der Waals surface area contributed by atoms with E-state index in [1.807, 2.05) is 6.07 Å². The summed E-state index contributed by atoms with van der Waals surface area (Å²) in [7, 11) is 0. The largest absolute Gasteiger partial charge is 0.381 e. The molecule has 1 unspecified atom stereocenters. The van der Waals surface area contributed by atoms with Crippen molar-refractivity contribution in [2.24, 2.45) is 11.3 Å². The molecule has 0 radical (unpaired) electrons. The first kappa shape index (κ1) is 22.0. The Labute approximate surface area is 200 Å². The van der Waals surface area contributed by atoms with Crippen LogP contribution in [0.3, 0.4) is 0 Å². The van der Waals surface area contributed by atoms with Crippen molar-refractivity contribution in [2.45, 2.75) is 51.1 Å². The van der Waals surface area contributed by atoms with E-state index in [0.717, 1.165) is 37.8 Å². The van der Waals surface area contributed by atoms with Crippen molar-refractivity contribution in [3.05, 3.63) is 29.3 Å². The highest BCUT2D eigenvalue weighted by atomic mass is 16.5. The van der Waals surface area contributed by atoms with E-state index in [-0.39, 0.29) is 24.1 Å². The second-order valence-corrected chi connectivity index (χ2v) is 11.0. The second kappa shape index (κ2) is 8.64. The quantitative estimate of drug-likeness (QED) is 0.682. The predicted molar refractivity (Wildman–Crippen MR) is 126 cm³/mol. The molecule has 1 aromatic rings. The molecule has 4 saturated heterocycles. The first-order valence-corrected chi connectivity index (χ1v) is 12.8. The lowest BCUT2D eigenvalue weighted by molar-refractivity contribution is -0.136. The van der Waals surface area contributed by atoms with E-state index >= 15 is 0 Å². The summed E-state index contributed by atoms with van der Waals surface area (Å²) in [6, 6.07) is 5.55. The summed E-state index contributed by atoms with van der Waals surface area (Å²) in [6.45, 7) is 8.09. The molecule has 5 aliphatic rings. The Kier molecular flexibility index (Phi) is 5.60. The van der Waals surface area contributed by atoms with Crippen molar-refractivity contribution < 1.29 is 19.1 Å². The van der Waals surface area contributed by atoms with Crippen molar-refractivity contribution in [1.82, 2.24) is 15.1 Å². The Hall–Kier alpha value is -2.45. The van der Waals surface area contributed by atoms with E-state index in [4.69, 9.17) is 4.74 Å². The summed E-state index contributed by atoms with van der Waals surface area (Å²) < 4.78 is 5.51. The average Bonchev–Trinajstić information content (AvgIpc) is 3.14. The summed E-state index contributed by atoms with van der Waals surface area (Å²) in [4.78, 5) is 43.4. The van der Waals surface area contributed by atoms with Crippen LogP contribution in [0.25, 0.3) is 0 Å². The zero-order chi connectivity index (χ0) is 23.3. The van der Waals surface area contributed by atoms with Gasteiger partial charge in [0.1, 0.15) is 6.04 Å². The molecule has 1 spiro atoms. The van der Waals surface area contributed by atoms with Crippen LogP contribution in [0.1, 0.15) is 54.4 Å². The van der Waals surface area contributed by atoms with Gasteiger partial charge in [0.25, 0.3) is 5.91 Å². The normalized spacial score (nSPS) is 27.6.